The zero-order chi connectivity index (χ0) is 50.6. The van der Waals surface area contributed by atoms with Gasteiger partial charge in [0, 0.05) is 38.1 Å². The van der Waals surface area contributed by atoms with Crippen molar-refractivity contribution in [1.82, 2.24) is 10.6 Å². The molecule has 400 valence electrons. The number of carbonyl (C=O) groups is 2. The van der Waals surface area contributed by atoms with Crippen molar-refractivity contribution in [2.24, 2.45) is 0 Å². The largest absolute Gasteiger partial charge is 0.449 e. The number of rotatable bonds is 42. The highest BCUT2D eigenvalue weighted by molar-refractivity contribution is 5.80. The van der Waals surface area contributed by atoms with Gasteiger partial charge in [-0.2, -0.15) is 0 Å². The molecule has 2 aliphatic rings. The van der Waals surface area contributed by atoms with Crippen molar-refractivity contribution in [3.63, 3.8) is 0 Å². The predicted octanol–water partition coefficient (Wildman–Crippen LogP) is 7.03. The molecule has 0 heterocycles. The molecule has 17 nitrogen and oxygen atoms in total. The Kier molecular flexibility index (Phi) is 28.3. The average molecular weight is 1020 g/mol. The second kappa shape index (κ2) is 36.0. The van der Waals surface area contributed by atoms with Crippen LogP contribution in [0.25, 0.3) is 22.3 Å². The zero-order valence-electron chi connectivity index (χ0n) is 42.3. The highest BCUT2D eigenvalue weighted by atomic mass is 16.6. The van der Waals surface area contributed by atoms with E-state index in [0.29, 0.717) is 184 Å². The first-order valence-corrected chi connectivity index (χ1v) is 25.7. The number of benzene rings is 4. The summed E-state index contributed by atoms with van der Waals surface area (Å²) in [4.78, 5) is 24.6. The fraction of sp³-hybridized carbons (Fsp3) is 0.536. The number of nitrogens with one attached hydrogen (secondary N) is 2. The summed E-state index contributed by atoms with van der Waals surface area (Å²) in [5.74, 6) is 0.0856. The molecule has 0 saturated heterocycles. The smallest absolute Gasteiger partial charge is 0.407 e. The van der Waals surface area contributed by atoms with E-state index in [4.69, 9.17) is 61.6 Å². The van der Waals surface area contributed by atoms with Crippen molar-refractivity contribution in [3.8, 4) is 22.3 Å². The first kappa shape index (κ1) is 57.3. The molecule has 0 radical (unpaired) electrons. The van der Waals surface area contributed by atoms with Crippen molar-refractivity contribution >= 4 is 12.2 Å². The average Bonchev–Trinajstić information content (AvgIpc) is 3.92. The fourth-order valence-corrected chi connectivity index (χ4v) is 8.33. The Morgan fingerprint density at radius 2 is 0.507 bits per heavy atom. The van der Waals surface area contributed by atoms with E-state index in [-0.39, 0.29) is 11.8 Å². The maximum atomic E-state index is 12.3. The van der Waals surface area contributed by atoms with Crippen LogP contribution in [0.15, 0.2) is 97.1 Å². The number of hydrogen-bond donors (Lipinski definition) is 2. The predicted molar refractivity (Wildman–Crippen MR) is 274 cm³/mol. The summed E-state index contributed by atoms with van der Waals surface area (Å²) in [5, 5.41) is 5.62. The Balaban J connectivity index is 0.575. The summed E-state index contributed by atoms with van der Waals surface area (Å²) >= 11 is 0. The van der Waals surface area contributed by atoms with Crippen LogP contribution in [0.1, 0.15) is 46.9 Å². The van der Waals surface area contributed by atoms with Gasteiger partial charge in [-0.1, -0.05) is 97.1 Å². The molecule has 0 aliphatic heterocycles. The zero-order valence-corrected chi connectivity index (χ0v) is 42.3. The number of carbonyl (C=O) groups excluding carboxylic acids is 2. The SMILES string of the molecule is O=C(NCCCOCCOCCOCCOCCOCCOCCOCCOCCOCCOCCOCCCNC(=O)OCC1c2ccccc2-c2ccccc21)OCC1c2ccccc2-c2ccccc21. The molecule has 2 N–H and O–H groups in total. The lowest BCUT2D eigenvalue weighted by Gasteiger charge is -2.14. The third kappa shape index (κ3) is 21.4. The van der Waals surface area contributed by atoms with Crippen LogP contribution in [0.3, 0.4) is 0 Å². The highest BCUT2D eigenvalue weighted by Gasteiger charge is 2.30. The van der Waals surface area contributed by atoms with Gasteiger partial charge in [-0.15, -0.1) is 0 Å². The monoisotopic (exact) mass is 1020 g/mol. The summed E-state index contributed by atoms with van der Waals surface area (Å²) < 4.78 is 72.2. The van der Waals surface area contributed by atoms with Gasteiger partial charge in [-0.3, -0.25) is 0 Å². The Bertz CT molecular complexity index is 1890. The van der Waals surface area contributed by atoms with Crippen LogP contribution < -0.4 is 10.6 Å². The van der Waals surface area contributed by atoms with E-state index in [9.17, 15) is 9.59 Å². The lowest BCUT2D eigenvalue weighted by atomic mass is 9.98. The molecule has 2 amide bonds. The van der Waals surface area contributed by atoms with Gasteiger partial charge in [-0.05, 0) is 57.3 Å². The van der Waals surface area contributed by atoms with Crippen LogP contribution in [0.4, 0.5) is 9.59 Å². The summed E-state index contributed by atoms with van der Waals surface area (Å²) in [6.45, 7) is 12.1. The number of ether oxygens (including phenoxy) is 13. The van der Waals surface area contributed by atoms with Crippen molar-refractivity contribution in [1.29, 1.82) is 0 Å². The molecule has 2 aliphatic carbocycles. The van der Waals surface area contributed by atoms with E-state index >= 15 is 0 Å². The Morgan fingerprint density at radius 3 is 0.740 bits per heavy atom. The van der Waals surface area contributed by atoms with Crippen LogP contribution in [0, 0.1) is 0 Å². The van der Waals surface area contributed by atoms with Gasteiger partial charge in [0.1, 0.15) is 13.2 Å². The molecule has 17 heteroatoms. The van der Waals surface area contributed by atoms with E-state index in [2.05, 4.69) is 59.2 Å². The first-order valence-electron chi connectivity index (χ1n) is 25.7. The molecule has 73 heavy (non-hydrogen) atoms. The second-order valence-corrected chi connectivity index (χ2v) is 16.9. The van der Waals surface area contributed by atoms with Crippen LogP contribution in [0.2, 0.25) is 0 Å². The number of amides is 2. The quantitative estimate of drug-likeness (QED) is 0.0432. The lowest BCUT2D eigenvalue weighted by Crippen LogP contribution is -2.27. The molecule has 6 rings (SSSR count). The van der Waals surface area contributed by atoms with Crippen LogP contribution >= 0.6 is 0 Å². The Hall–Kier alpha value is -5.02. The lowest BCUT2D eigenvalue weighted by molar-refractivity contribution is -0.0275. The van der Waals surface area contributed by atoms with Crippen molar-refractivity contribution in [2.75, 3.05) is 172 Å². The molecule has 0 aromatic heterocycles. The molecule has 0 fully saturated rings. The number of alkyl carbamates (subject to hydrolysis) is 2. The van der Waals surface area contributed by atoms with Gasteiger partial charge in [0.15, 0.2) is 0 Å². The summed E-state index contributed by atoms with van der Waals surface area (Å²) in [5.41, 5.74) is 9.59. The molecular weight excluding hydrogens is 941 g/mol. The van der Waals surface area contributed by atoms with E-state index in [1.165, 1.54) is 44.5 Å². The first-order chi connectivity index (χ1) is 36.2. The molecule has 0 saturated carbocycles. The molecular formula is C56H76N2O15. The molecule has 0 atom stereocenters. The van der Waals surface area contributed by atoms with Gasteiger partial charge in [0.25, 0.3) is 0 Å². The number of fused-ring (bicyclic) bond motifs is 6. The molecule has 4 aromatic rings. The van der Waals surface area contributed by atoms with E-state index in [0.717, 1.165) is 0 Å². The topological polar surface area (TPSA) is 178 Å². The van der Waals surface area contributed by atoms with Crippen molar-refractivity contribution < 1.29 is 71.2 Å². The maximum Gasteiger partial charge on any atom is 0.407 e. The van der Waals surface area contributed by atoms with Crippen molar-refractivity contribution in [3.05, 3.63) is 119 Å². The van der Waals surface area contributed by atoms with E-state index in [1.54, 1.807) is 0 Å². The third-order valence-electron chi connectivity index (χ3n) is 11.9. The van der Waals surface area contributed by atoms with Gasteiger partial charge in [-0.25, -0.2) is 9.59 Å². The van der Waals surface area contributed by atoms with E-state index in [1.807, 2.05) is 48.5 Å². The molecule has 4 aromatic carbocycles. The van der Waals surface area contributed by atoms with Crippen LogP contribution in [0.5, 0.6) is 0 Å². The van der Waals surface area contributed by atoms with Gasteiger partial charge >= 0.3 is 12.2 Å². The van der Waals surface area contributed by atoms with Crippen LogP contribution in [-0.4, -0.2) is 184 Å². The normalized spacial score (nSPS) is 12.6. The van der Waals surface area contributed by atoms with Crippen molar-refractivity contribution in [2.45, 2.75) is 24.7 Å². The summed E-state index contributed by atoms with van der Waals surface area (Å²) in [6.07, 6.45) is 0.516. The highest BCUT2D eigenvalue weighted by Crippen LogP contribution is 2.45. The molecule has 0 spiro atoms. The third-order valence-corrected chi connectivity index (χ3v) is 11.9. The Morgan fingerprint density at radius 1 is 0.301 bits per heavy atom. The minimum Gasteiger partial charge on any atom is -0.449 e. The summed E-state index contributed by atoms with van der Waals surface area (Å²) in [6, 6.07) is 33.1. The second-order valence-electron chi connectivity index (χ2n) is 16.9. The standard InChI is InChI=1S/C56H76N2O15/c59-55(72-43-53-49-15-5-1-11-45(49)46-12-2-6-16-50(46)53)57-19-9-21-61-23-25-63-27-29-65-31-33-67-35-37-69-39-41-71-42-40-70-38-36-68-34-32-66-30-28-64-26-24-62-22-10-20-58-56(60)73-44-54-51-17-7-3-13-47(51)48-14-4-8-18-52(48)54/h1-8,11-18,53-54H,9-10,19-44H2,(H,57,59)(H,58,60). The van der Waals surface area contributed by atoms with Gasteiger partial charge < -0.3 is 72.2 Å². The summed E-state index contributed by atoms with van der Waals surface area (Å²) in [7, 11) is 0. The minimum absolute atomic E-state index is 0.0428. The van der Waals surface area contributed by atoms with Crippen LogP contribution in [-0.2, 0) is 61.6 Å². The fourth-order valence-electron chi connectivity index (χ4n) is 8.33. The van der Waals surface area contributed by atoms with E-state index < -0.39 is 12.2 Å². The number of hydrogen-bond acceptors (Lipinski definition) is 15. The molecule has 0 bridgehead atoms. The van der Waals surface area contributed by atoms with Gasteiger partial charge in [0.2, 0.25) is 0 Å². The Labute approximate surface area is 430 Å². The minimum atomic E-state index is -0.420. The van der Waals surface area contributed by atoms with Gasteiger partial charge in [0.05, 0.1) is 132 Å². The molecule has 0 unspecified atom stereocenters. The maximum absolute atomic E-state index is 12.3.